The molecule has 0 aliphatic carbocycles. The average molecular weight is 367 g/mol. The molecule has 0 saturated carbocycles. The maximum absolute atomic E-state index is 13.4. The fraction of sp³-hybridized carbons (Fsp3) is 0.409. The van der Waals surface area contributed by atoms with E-state index in [1.165, 1.54) is 17.2 Å². The van der Waals surface area contributed by atoms with Crippen molar-refractivity contribution in [3.63, 3.8) is 0 Å². The summed E-state index contributed by atoms with van der Waals surface area (Å²) < 4.78 is 13.4. The number of hydrogen-bond acceptors (Lipinski definition) is 3. The van der Waals surface area contributed by atoms with Crippen LogP contribution >= 0.6 is 0 Å². The van der Waals surface area contributed by atoms with Gasteiger partial charge in [-0.25, -0.2) is 4.39 Å². The SMILES string of the molecule is O=C(NCc1ccc2c(c1)CNC2)C1CCCN(Cc2cccc(F)c2)C1. The molecule has 1 saturated heterocycles. The van der Waals surface area contributed by atoms with Crippen LogP contribution in [0.15, 0.2) is 42.5 Å². The van der Waals surface area contributed by atoms with Crippen molar-refractivity contribution in [2.24, 2.45) is 5.92 Å². The number of carbonyl (C=O) groups excluding carboxylic acids is 1. The Kier molecular flexibility index (Phi) is 5.50. The normalized spacial score (nSPS) is 19.7. The molecule has 2 aromatic carbocycles. The van der Waals surface area contributed by atoms with Crippen LogP contribution in [0.5, 0.6) is 0 Å². The van der Waals surface area contributed by atoms with Crippen molar-refractivity contribution in [2.45, 2.75) is 39.0 Å². The molecule has 2 aromatic rings. The van der Waals surface area contributed by atoms with Crippen LogP contribution < -0.4 is 10.6 Å². The Balaban J connectivity index is 1.30. The van der Waals surface area contributed by atoms with Gasteiger partial charge in [0.2, 0.25) is 5.91 Å². The summed E-state index contributed by atoms with van der Waals surface area (Å²) in [6.07, 6.45) is 1.91. The zero-order valence-electron chi connectivity index (χ0n) is 15.5. The summed E-state index contributed by atoms with van der Waals surface area (Å²) in [5.41, 5.74) is 4.80. The van der Waals surface area contributed by atoms with Crippen LogP contribution in [0.4, 0.5) is 4.39 Å². The molecule has 0 spiro atoms. The lowest BCUT2D eigenvalue weighted by atomic mass is 9.96. The van der Waals surface area contributed by atoms with Crippen molar-refractivity contribution in [3.8, 4) is 0 Å². The number of carbonyl (C=O) groups is 1. The topological polar surface area (TPSA) is 44.4 Å². The van der Waals surface area contributed by atoms with Gasteiger partial charge in [0, 0.05) is 32.7 Å². The summed E-state index contributed by atoms with van der Waals surface area (Å²) in [7, 11) is 0. The molecule has 1 fully saturated rings. The molecule has 2 aliphatic rings. The Labute approximate surface area is 159 Å². The number of hydrogen-bond donors (Lipinski definition) is 2. The summed E-state index contributed by atoms with van der Waals surface area (Å²) in [4.78, 5) is 14.9. The molecule has 4 nitrogen and oxygen atoms in total. The monoisotopic (exact) mass is 367 g/mol. The quantitative estimate of drug-likeness (QED) is 0.854. The van der Waals surface area contributed by atoms with Gasteiger partial charge in [-0.05, 0) is 53.8 Å². The van der Waals surface area contributed by atoms with Gasteiger partial charge in [-0.3, -0.25) is 9.69 Å². The summed E-state index contributed by atoms with van der Waals surface area (Å²) in [5.74, 6) is -0.0793. The van der Waals surface area contributed by atoms with Gasteiger partial charge in [0.15, 0.2) is 0 Å². The highest BCUT2D eigenvalue weighted by molar-refractivity contribution is 5.79. The van der Waals surface area contributed by atoms with Gasteiger partial charge < -0.3 is 10.6 Å². The zero-order valence-corrected chi connectivity index (χ0v) is 15.5. The van der Waals surface area contributed by atoms with E-state index in [1.54, 1.807) is 12.1 Å². The highest BCUT2D eigenvalue weighted by Crippen LogP contribution is 2.20. The molecule has 1 unspecified atom stereocenters. The van der Waals surface area contributed by atoms with Crippen LogP contribution in [-0.4, -0.2) is 23.9 Å². The highest BCUT2D eigenvalue weighted by Gasteiger charge is 2.25. The van der Waals surface area contributed by atoms with E-state index in [9.17, 15) is 9.18 Å². The molecule has 4 rings (SSSR count). The Morgan fingerprint density at radius 1 is 1.15 bits per heavy atom. The molecule has 1 atom stereocenters. The lowest BCUT2D eigenvalue weighted by Gasteiger charge is -2.32. The second-order valence-corrected chi connectivity index (χ2v) is 7.63. The summed E-state index contributed by atoms with van der Waals surface area (Å²) in [6, 6.07) is 13.2. The molecule has 1 amide bonds. The van der Waals surface area contributed by atoms with Crippen molar-refractivity contribution in [1.29, 1.82) is 0 Å². The molecule has 0 bridgehead atoms. The Hall–Kier alpha value is -2.24. The van der Waals surface area contributed by atoms with E-state index in [0.717, 1.165) is 50.1 Å². The van der Waals surface area contributed by atoms with Crippen molar-refractivity contribution < 1.29 is 9.18 Å². The first-order valence-electron chi connectivity index (χ1n) is 9.73. The smallest absolute Gasteiger partial charge is 0.224 e. The van der Waals surface area contributed by atoms with Gasteiger partial charge in [-0.1, -0.05) is 30.3 Å². The third-order valence-corrected chi connectivity index (χ3v) is 5.54. The van der Waals surface area contributed by atoms with Gasteiger partial charge in [0.25, 0.3) is 0 Å². The van der Waals surface area contributed by atoms with Crippen LogP contribution in [0.1, 0.15) is 35.1 Å². The fourth-order valence-corrected chi connectivity index (χ4v) is 4.10. The molecule has 5 heteroatoms. The molecule has 2 heterocycles. The summed E-state index contributed by atoms with van der Waals surface area (Å²) >= 11 is 0. The van der Waals surface area contributed by atoms with E-state index in [1.807, 2.05) is 6.07 Å². The first-order chi connectivity index (χ1) is 13.2. The minimum atomic E-state index is -0.205. The second-order valence-electron chi connectivity index (χ2n) is 7.63. The van der Waals surface area contributed by atoms with E-state index in [-0.39, 0.29) is 17.6 Å². The predicted molar refractivity (Wildman–Crippen MR) is 103 cm³/mol. The largest absolute Gasteiger partial charge is 0.352 e. The maximum atomic E-state index is 13.4. The van der Waals surface area contributed by atoms with Crippen LogP contribution in [0, 0.1) is 11.7 Å². The number of piperidine rings is 1. The Morgan fingerprint density at radius 3 is 2.93 bits per heavy atom. The van der Waals surface area contributed by atoms with Gasteiger partial charge in [0.05, 0.1) is 5.92 Å². The number of halogens is 1. The maximum Gasteiger partial charge on any atom is 0.224 e. The molecule has 2 N–H and O–H groups in total. The number of nitrogens with zero attached hydrogens (tertiary/aromatic N) is 1. The molecule has 27 heavy (non-hydrogen) atoms. The molecular formula is C22H26FN3O. The molecular weight excluding hydrogens is 341 g/mol. The Morgan fingerprint density at radius 2 is 2.04 bits per heavy atom. The fourth-order valence-electron chi connectivity index (χ4n) is 4.10. The van der Waals surface area contributed by atoms with E-state index in [4.69, 9.17) is 0 Å². The molecule has 0 radical (unpaired) electrons. The van der Waals surface area contributed by atoms with Crippen molar-refractivity contribution in [2.75, 3.05) is 13.1 Å². The van der Waals surface area contributed by atoms with E-state index >= 15 is 0 Å². The lowest BCUT2D eigenvalue weighted by molar-refractivity contribution is -0.126. The van der Waals surface area contributed by atoms with Crippen LogP contribution in [0.2, 0.25) is 0 Å². The third-order valence-electron chi connectivity index (χ3n) is 5.54. The summed E-state index contributed by atoms with van der Waals surface area (Å²) in [6.45, 7) is 4.81. The van der Waals surface area contributed by atoms with E-state index < -0.39 is 0 Å². The van der Waals surface area contributed by atoms with Crippen LogP contribution in [0.3, 0.4) is 0 Å². The van der Waals surface area contributed by atoms with E-state index in [2.05, 4.69) is 33.7 Å². The van der Waals surface area contributed by atoms with Gasteiger partial charge in [-0.15, -0.1) is 0 Å². The van der Waals surface area contributed by atoms with Crippen LogP contribution in [0.25, 0.3) is 0 Å². The molecule has 2 aliphatic heterocycles. The van der Waals surface area contributed by atoms with Crippen LogP contribution in [-0.2, 0) is 31.0 Å². The average Bonchev–Trinajstić information content (AvgIpc) is 3.14. The number of likely N-dealkylation sites (tertiary alicyclic amines) is 1. The highest BCUT2D eigenvalue weighted by atomic mass is 19.1. The number of fused-ring (bicyclic) bond motifs is 1. The minimum absolute atomic E-state index is 0.00315. The number of nitrogens with one attached hydrogen (secondary N) is 2. The first-order valence-corrected chi connectivity index (χ1v) is 9.73. The second kappa shape index (κ2) is 8.19. The van der Waals surface area contributed by atoms with Gasteiger partial charge >= 0.3 is 0 Å². The first kappa shape index (κ1) is 18.1. The minimum Gasteiger partial charge on any atom is -0.352 e. The molecule has 142 valence electrons. The predicted octanol–water partition coefficient (Wildman–Crippen LogP) is 2.96. The van der Waals surface area contributed by atoms with Crippen molar-refractivity contribution >= 4 is 5.91 Å². The zero-order chi connectivity index (χ0) is 18.6. The summed E-state index contributed by atoms with van der Waals surface area (Å²) in [5, 5.41) is 6.45. The Bertz CT molecular complexity index is 823. The van der Waals surface area contributed by atoms with Gasteiger partial charge in [-0.2, -0.15) is 0 Å². The van der Waals surface area contributed by atoms with E-state index in [0.29, 0.717) is 13.1 Å². The number of rotatable bonds is 5. The third kappa shape index (κ3) is 4.54. The number of benzene rings is 2. The molecule has 0 aromatic heterocycles. The standard InChI is InChI=1S/C22H26FN3O/c23-21-5-1-3-17(10-21)14-26-8-2-4-19(15-26)22(27)25-11-16-6-7-18-12-24-13-20(18)9-16/h1,3,5-7,9-10,19,24H,2,4,8,11-15H2,(H,25,27). The van der Waals surface area contributed by atoms with Crippen molar-refractivity contribution in [1.82, 2.24) is 15.5 Å². The number of amides is 1. The lowest BCUT2D eigenvalue weighted by Crippen LogP contribution is -2.42. The van der Waals surface area contributed by atoms with Crippen molar-refractivity contribution in [3.05, 3.63) is 70.5 Å². The van der Waals surface area contributed by atoms with Gasteiger partial charge in [0.1, 0.15) is 5.82 Å².